The van der Waals surface area contributed by atoms with Gasteiger partial charge in [0.1, 0.15) is 0 Å². The second-order valence-electron chi connectivity index (χ2n) is 7.88. The fourth-order valence-corrected chi connectivity index (χ4v) is 3.88. The van der Waals surface area contributed by atoms with Crippen LogP contribution in [0.2, 0.25) is 5.02 Å². The Balaban J connectivity index is 1.51. The van der Waals surface area contributed by atoms with Crippen LogP contribution in [0, 0.1) is 13.8 Å². The van der Waals surface area contributed by atoms with Gasteiger partial charge in [-0.3, -0.25) is 9.78 Å². The monoisotopic (exact) mass is 457 g/mol. The van der Waals surface area contributed by atoms with Crippen molar-refractivity contribution in [3.05, 3.63) is 87.4 Å². The molecule has 0 saturated heterocycles. The minimum absolute atomic E-state index is 0.0730. The molecule has 5 rings (SSSR count). The van der Waals surface area contributed by atoms with Crippen molar-refractivity contribution in [2.75, 3.05) is 5.32 Å². The quantitative estimate of drug-likeness (QED) is 0.374. The van der Waals surface area contributed by atoms with Gasteiger partial charge in [0.25, 0.3) is 5.56 Å². The van der Waals surface area contributed by atoms with Gasteiger partial charge in [-0.15, -0.1) is 5.10 Å². The van der Waals surface area contributed by atoms with Crippen molar-refractivity contribution in [1.82, 2.24) is 19.7 Å². The summed E-state index contributed by atoms with van der Waals surface area (Å²) in [7, 11) is 1.78. The molecule has 0 bridgehead atoms. The number of halogens is 1. The van der Waals surface area contributed by atoms with Gasteiger partial charge in [0.15, 0.2) is 0 Å². The topological polar surface area (TPSA) is 85.8 Å². The molecule has 7 nitrogen and oxygen atoms in total. The molecule has 0 atom stereocenters. The van der Waals surface area contributed by atoms with E-state index in [4.69, 9.17) is 16.0 Å². The first-order valence-electron chi connectivity index (χ1n) is 10.3. The molecule has 5 aromatic rings. The average Bonchev–Trinajstić information content (AvgIpc) is 3.27. The van der Waals surface area contributed by atoms with Crippen LogP contribution in [0.3, 0.4) is 0 Å². The first kappa shape index (κ1) is 20.9. The highest BCUT2D eigenvalue weighted by atomic mass is 35.5. The van der Waals surface area contributed by atoms with E-state index in [9.17, 15) is 4.79 Å². The van der Waals surface area contributed by atoms with Crippen molar-refractivity contribution < 1.29 is 4.42 Å². The van der Waals surface area contributed by atoms with E-state index in [1.165, 1.54) is 0 Å². The van der Waals surface area contributed by atoms with E-state index < -0.39 is 0 Å². The van der Waals surface area contributed by atoms with Gasteiger partial charge in [0, 0.05) is 46.2 Å². The number of rotatable bonds is 4. The minimum atomic E-state index is -0.0730. The van der Waals surface area contributed by atoms with E-state index in [1.807, 2.05) is 56.3 Å². The molecule has 0 aliphatic heterocycles. The van der Waals surface area contributed by atoms with Gasteiger partial charge in [0.05, 0.1) is 5.52 Å². The molecule has 2 aromatic carbocycles. The second-order valence-corrected chi connectivity index (χ2v) is 8.32. The third kappa shape index (κ3) is 3.99. The van der Waals surface area contributed by atoms with Crippen molar-refractivity contribution in [2.24, 2.45) is 7.05 Å². The lowest BCUT2D eigenvalue weighted by atomic mass is 9.99. The second kappa shape index (κ2) is 8.18. The Morgan fingerprint density at radius 3 is 2.55 bits per heavy atom. The van der Waals surface area contributed by atoms with Crippen molar-refractivity contribution in [1.29, 1.82) is 0 Å². The van der Waals surface area contributed by atoms with Gasteiger partial charge in [-0.2, -0.15) is 0 Å². The number of pyridine rings is 2. The number of hydrogen-bond acceptors (Lipinski definition) is 6. The Morgan fingerprint density at radius 2 is 1.76 bits per heavy atom. The largest absolute Gasteiger partial charge is 0.403 e. The van der Waals surface area contributed by atoms with E-state index in [-0.39, 0.29) is 11.6 Å². The lowest BCUT2D eigenvalue weighted by molar-refractivity contribution is 0.587. The number of fused-ring (bicyclic) bond motifs is 1. The molecule has 1 N–H and O–H groups in total. The van der Waals surface area contributed by atoms with Crippen molar-refractivity contribution >= 4 is 34.2 Å². The highest BCUT2D eigenvalue weighted by Gasteiger charge is 2.14. The highest BCUT2D eigenvalue weighted by molar-refractivity contribution is 6.30. The van der Waals surface area contributed by atoms with Crippen LogP contribution in [-0.2, 0) is 7.05 Å². The van der Waals surface area contributed by atoms with Crippen molar-refractivity contribution in [2.45, 2.75) is 13.8 Å². The van der Waals surface area contributed by atoms with Crippen LogP contribution in [0.15, 0.2) is 70.0 Å². The van der Waals surface area contributed by atoms with Gasteiger partial charge >= 0.3 is 6.01 Å². The van der Waals surface area contributed by atoms with Gasteiger partial charge in [-0.25, -0.2) is 0 Å². The number of aryl methyl sites for hydroxylation is 3. The molecule has 0 radical (unpaired) electrons. The maximum absolute atomic E-state index is 13.2. The summed E-state index contributed by atoms with van der Waals surface area (Å²) in [5.41, 5.74) is 5.54. The van der Waals surface area contributed by atoms with E-state index in [2.05, 4.69) is 20.5 Å². The Kier molecular flexibility index (Phi) is 5.18. The SMILES string of the molecule is Cc1cc2c(cn1)cc(-c1cc(Nc3nnc(-c4ccc(Cl)cc4)o3)ccc1C)c(=O)n2C. The first-order chi connectivity index (χ1) is 15.9. The molecule has 0 unspecified atom stereocenters. The zero-order chi connectivity index (χ0) is 23.1. The molecular weight excluding hydrogens is 438 g/mol. The number of aromatic nitrogens is 4. The lowest BCUT2D eigenvalue weighted by Gasteiger charge is -2.12. The predicted molar refractivity (Wildman–Crippen MR) is 130 cm³/mol. The summed E-state index contributed by atoms with van der Waals surface area (Å²) >= 11 is 5.94. The van der Waals surface area contributed by atoms with E-state index >= 15 is 0 Å². The van der Waals surface area contributed by atoms with Crippen LogP contribution in [0.1, 0.15) is 11.3 Å². The van der Waals surface area contributed by atoms with Gasteiger partial charge in [-0.05, 0) is 73.5 Å². The number of benzene rings is 2. The summed E-state index contributed by atoms with van der Waals surface area (Å²) in [5.74, 6) is 0.382. The molecule has 164 valence electrons. The molecule has 0 fully saturated rings. The Labute approximate surface area is 194 Å². The zero-order valence-corrected chi connectivity index (χ0v) is 19.0. The van der Waals surface area contributed by atoms with Crippen LogP contribution in [0.25, 0.3) is 33.5 Å². The number of hydrogen-bond donors (Lipinski definition) is 1. The number of nitrogens with zero attached hydrogens (tertiary/aromatic N) is 4. The maximum atomic E-state index is 13.2. The van der Waals surface area contributed by atoms with E-state index in [0.29, 0.717) is 16.5 Å². The fraction of sp³-hybridized carbons (Fsp3) is 0.120. The third-order valence-electron chi connectivity index (χ3n) is 5.54. The van der Waals surface area contributed by atoms with Gasteiger partial charge < -0.3 is 14.3 Å². The van der Waals surface area contributed by atoms with Crippen LogP contribution in [-0.4, -0.2) is 19.7 Å². The van der Waals surface area contributed by atoms with Crippen LogP contribution in [0.4, 0.5) is 11.7 Å². The molecule has 0 spiro atoms. The van der Waals surface area contributed by atoms with Gasteiger partial charge in [0.2, 0.25) is 5.89 Å². The average molecular weight is 458 g/mol. The van der Waals surface area contributed by atoms with Gasteiger partial charge in [-0.1, -0.05) is 22.8 Å². The standard InChI is InChI=1S/C25H20ClN5O2/c1-14-4-9-19(28-25-30-29-23(33-25)16-5-7-18(26)8-6-16)12-20(14)21-11-17-13-27-15(2)10-22(17)31(3)24(21)32/h4-13H,1-3H3,(H,28,30). The molecule has 8 heteroatoms. The number of nitrogens with one attached hydrogen (secondary N) is 1. The summed E-state index contributed by atoms with van der Waals surface area (Å²) in [6.07, 6.45) is 1.79. The fourth-order valence-electron chi connectivity index (χ4n) is 3.75. The van der Waals surface area contributed by atoms with Crippen molar-refractivity contribution in [3.8, 4) is 22.6 Å². The molecule has 0 aliphatic rings. The van der Waals surface area contributed by atoms with E-state index in [1.54, 1.807) is 29.9 Å². The molecule has 0 amide bonds. The smallest absolute Gasteiger partial charge is 0.320 e. The summed E-state index contributed by atoms with van der Waals surface area (Å²) in [6, 6.07) is 17.0. The van der Waals surface area contributed by atoms with E-state index in [0.717, 1.165) is 39.0 Å². The summed E-state index contributed by atoms with van der Waals surface area (Å²) in [4.78, 5) is 17.6. The Bertz CT molecular complexity index is 1550. The minimum Gasteiger partial charge on any atom is -0.403 e. The maximum Gasteiger partial charge on any atom is 0.320 e. The molecule has 0 aliphatic carbocycles. The molecule has 3 aromatic heterocycles. The molecule has 3 heterocycles. The molecule has 0 saturated carbocycles. The highest BCUT2D eigenvalue weighted by Crippen LogP contribution is 2.29. The van der Waals surface area contributed by atoms with Crippen molar-refractivity contribution in [3.63, 3.8) is 0 Å². The van der Waals surface area contributed by atoms with Crippen LogP contribution >= 0.6 is 11.6 Å². The summed E-state index contributed by atoms with van der Waals surface area (Å²) in [6.45, 7) is 3.88. The first-order valence-corrected chi connectivity index (χ1v) is 10.7. The summed E-state index contributed by atoms with van der Waals surface area (Å²) in [5, 5.41) is 12.8. The van der Waals surface area contributed by atoms with Crippen LogP contribution < -0.4 is 10.9 Å². The van der Waals surface area contributed by atoms with Crippen LogP contribution in [0.5, 0.6) is 0 Å². The molecule has 33 heavy (non-hydrogen) atoms. The predicted octanol–water partition coefficient (Wildman–Crippen LogP) is 5.66. The summed E-state index contributed by atoms with van der Waals surface area (Å²) < 4.78 is 7.41. The normalized spacial score (nSPS) is 11.2. The zero-order valence-electron chi connectivity index (χ0n) is 18.3. The Hall–Kier alpha value is -3.97. The third-order valence-corrected chi connectivity index (χ3v) is 5.79. The number of anilines is 2. The molecular formula is C25H20ClN5O2. The lowest BCUT2D eigenvalue weighted by Crippen LogP contribution is -2.19. The Morgan fingerprint density at radius 1 is 0.970 bits per heavy atom.